The Morgan fingerprint density at radius 3 is 2.73 bits per heavy atom. The molecule has 2 nitrogen and oxygen atoms in total. The molecular weight excluding hydrogens is 138 g/mol. The van der Waals surface area contributed by atoms with Gasteiger partial charge < -0.3 is 10.0 Å². The summed E-state index contributed by atoms with van der Waals surface area (Å²) in [6, 6.07) is 0. The SMILES string of the molecule is CN(C)CC1C=CC(CO)=C1. The van der Waals surface area contributed by atoms with Crippen LogP contribution in [-0.2, 0) is 0 Å². The number of rotatable bonds is 3. The van der Waals surface area contributed by atoms with E-state index in [4.69, 9.17) is 5.11 Å². The van der Waals surface area contributed by atoms with Crippen LogP contribution in [0.4, 0.5) is 0 Å². The van der Waals surface area contributed by atoms with Crippen molar-refractivity contribution in [3.8, 4) is 0 Å². The van der Waals surface area contributed by atoms with Gasteiger partial charge in [-0.1, -0.05) is 18.2 Å². The molecule has 0 saturated heterocycles. The summed E-state index contributed by atoms with van der Waals surface area (Å²) in [5, 5.41) is 8.78. The summed E-state index contributed by atoms with van der Waals surface area (Å²) in [7, 11) is 4.11. The van der Waals surface area contributed by atoms with E-state index in [9.17, 15) is 0 Å². The van der Waals surface area contributed by atoms with E-state index in [1.54, 1.807) is 0 Å². The molecule has 1 unspecified atom stereocenters. The molecule has 1 aliphatic carbocycles. The molecule has 62 valence electrons. The highest BCUT2D eigenvalue weighted by molar-refractivity contribution is 5.29. The van der Waals surface area contributed by atoms with Crippen molar-refractivity contribution < 1.29 is 5.11 Å². The molecule has 0 heterocycles. The largest absolute Gasteiger partial charge is 0.392 e. The molecule has 0 saturated carbocycles. The number of hydrogen-bond donors (Lipinski definition) is 1. The van der Waals surface area contributed by atoms with Crippen LogP contribution in [0.2, 0.25) is 0 Å². The van der Waals surface area contributed by atoms with Crippen molar-refractivity contribution in [1.29, 1.82) is 0 Å². The summed E-state index contributed by atoms with van der Waals surface area (Å²) in [4.78, 5) is 2.14. The van der Waals surface area contributed by atoms with Crippen LogP contribution in [0.1, 0.15) is 0 Å². The Balaban J connectivity index is 2.41. The van der Waals surface area contributed by atoms with Crippen LogP contribution in [0.5, 0.6) is 0 Å². The van der Waals surface area contributed by atoms with Gasteiger partial charge in [-0.3, -0.25) is 0 Å². The van der Waals surface area contributed by atoms with Crippen molar-refractivity contribution in [2.45, 2.75) is 0 Å². The van der Waals surface area contributed by atoms with E-state index < -0.39 is 0 Å². The van der Waals surface area contributed by atoms with Crippen LogP contribution in [0.3, 0.4) is 0 Å². The number of aliphatic hydroxyl groups is 1. The predicted octanol–water partition coefficient (Wildman–Crippen LogP) is 0.653. The van der Waals surface area contributed by atoms with Crippen molar-refractivity contribution >= 4 is 0 Å². The molecule has 0 spiro atoms. The van der Waals surface area contributed by atoms with Crippen molar-refractivity contribution in [3.05, 3.63) is 23.8 Å². The lowest BCUT2D eigenvalue weighted by molar-refractivity contribution is 0.334. The maximum atomic E-state index is 8.78. The second-order valence-corrected chi connectivity index (χ2v) is 3.18. The Morgan fingerprint density at radius 2 is 2.27 bits per heavy atom. The number of aliphatic hydroxyl groups excluding tert-OH is 1. The average molecular weight is 153 g/mol. The molecule has 0 aliphatic heterocycles. The first-order valence-corrected chi connectivity index (χ1v) is 3.87. The summed E-state index contributed by atoms with van der Waals surface area (Å²) >= 11 is 0. The zero-order chi connectivity index (χ0) is 8.27. The van der Waals surface area contributed by atoms with Gasteiger partial charge in [0.25, 0.3) is 0 Å². The molecule has 1 aliphatic rings. The van der Waals surface area contributed by atoms with Gasteiger partial charge in [-0.15, -0.1) is 0 Å². The van der Waals surface area contributed by atoms with Crippen molar-refractivity contribution in [1.82, 2.24) is 4.90 Å². The summed E-state index contributed by atoms with van der Waals surface area (Å²) in [5.41, 5.74) is 1.04. The Hall–Kier alpha value is -0.600. The molecule has 11 heavy (non-hydrogen) atoms. The van der Waals surface area contributed by atoms with E-state index in [0.717, 1.165) is 12.1 Å². The Morgan fingerprint density at radius 1 is 1.55 bits per heavy atom. The monoisotopic (exact) mass is 153 g/mol. The fourth-order valence-electron chi connectivity index (χ4n) is 1.27. The predicted molar refractivity (Wildman–Crippen MR) is 46.4 cm³/mol. The normalized spacial score (nSPS) is 22.9. The summed E-state index contributed by atoms with van der Waals surface area (Å²) in [6.45, 7) is 1.19. The first-order chi connectivity index (χ1) is 5.22. The van der Waals surface area contributed by atoms with E-state index in [2.05, 4.69) is 31.1 Å². The van der Waals surface area contributed by atoms with Gasteiger partial charge in [0.15, 0.2) is 0 Å². The van der Waals surface area contributed by atoms with E-state index in [1.807, 2.05) is 6.08 Å². The second-order valence-electron chi connectivity index (χ2n) is 3.18. The maximum Gasteiger partial charge on any atom is 0.0678 e. The average Bonchev–Trinajstić information content (AvgIpc) is 2.34. The van der Waals surface area contributed by atoms with Crippen molar-refractivity contribution in [2.24, 2.45) is 5.92 Å². The van der Waals surface area contributed by atoms with E-state index in [-0.39, 0.29) is 6.61 Å². The highest BCUT2D eigenvalue weighted by atomic mass is 16.3. The molecule has 0 amide bonds. The van der Waals surface area contributed by atoms with Gasteiger partial charge >= 0.3 is 0 Å². The maximum absolute atomic E-state index is 8.78. The molecule has 0 radical (unpaired) electrons. The summed E-state index contributed by atoms with van der Waals surface area (Å²) in [6.07, 6.45) is 6.24. The highest BCUT2D eigenvalue weighted by Crippen LogP contribution is 2.15. The van der Waals surface area contributed by atoms with Crippen LogP contribution in [0.25, 0.3) is 0 Å². The smallest absolute Gasteiger partial charge is 0.0678 e. The quantitative estimate of drug-likeness (QED) is 0.643. The van der Waals surface area contributed by atoms with Gasteiger partial charge in [-0.25, -0.2) is 0 Å². The van der Waals surface area contributed by atoms with Crippen LogP contribution in [-0.4, -0.2) is 37.3 Å². The van der Waals surface area contributed by atoms with Gasteiger partial charge in [0.05, 0.1) is 6.61 Å². The minimum atomic E-state index is 0.167. The third-order valence-corrected chi connectivity index (χ3v) is 1.74. The third kappa shape index (κ3) is 2.48. The first kappa shape index (κ1) is 8.50. The molecule has 0 fully saturated rings. The van der Waals surface area contributed by atoms with Gasteiger partial charge in [0.1, 0.15) is 0 Å². The first-order valence-electron chi connectivity index (χ1n) is 3.87. The minimum Gasteiger partial charge on any atom is -0.392 e. The molecule has 0 bridgehead atoms. The molecule has 2 heteroatoms. The zero-order valence-electron chi connectivity index (χ0n) is 7.12. The van der Waals surface area contributed by atoms with Crippen molar-refractivity contribution in [2.75, 3.05) is 27.2 Å². The molecule has 0 aromatic rings. The lowest BCUT2D eigenvalue weighted by atomic mass is 10.1. The van der Waals surface area contributed by atoms with E-state index in [0.29, 0.717) is 5.92 Å². The van der Waals surface area contributed by atoms with E-state index in [1.165, 1.54) is 0 Å². The van der Waals surface area contributed by atoms with Gasteiger partial charge in [0.2, 0.25) is 0 Å². The Kier molecular flexibility index (Phi) is 2.85. The van der Waals surface area contributed by atoms with Crippen molar-refractivity contribution in [3.63, 3.8) is 0 Å². The standard InChI is InChI=1S/C9H15NO/c1-10(2)6-8-3-4-9(5-8)7-11/h3-5,8,11H,6-7H2,1-2H3. The third-order valence-electron chi connectivity index (χ3n) is 1.74. The summed E-state index contributed by atoms with van der Waals surface area (Å²) in [5.74, 6) is 0.493. The summed E-state index contributed by atoms with van der Waals surface area (Å²) < 4.78 is 0. The molecule has 1 rings (SSSR count). The molecule has 1 N–H and O–H groups in total. The van der Waals surface area contributed by atoms with Gasteiger partial charge in [-0.2, -0.15) is 0 Å². The Labute approximate surface area is 67.8 Å². The van der Waals surface area contributed by atoms with Gasteiger partial charge in [-0.05, 0) is 19.7 Å². The number of nitrogens with zero attached hydrogens (tertiary/aromatic N) is 1. The topological polar surface area (TPSA) is 23.5 Å². The molecule has 0 aromatic heterocycles. The van der Waals surface area contributed by atoms with Crippen LogP contribution in [0, 0.1) is 5.92 Å². The molecular formula is C9H15NO. The molecule has 1 atom stereocenters. The minimum absolute atomic E-state index is 0.167. The van der Waals surface area contributed by atoms with Crippen LogP contribution >= 0.6 is 0 Å². The fourth-order valence-corrected chi connectivity index (χ4v) is 1.27. The fraction of sp³-hybridized carbons (Fsp3) is 0.556. The zero-order valence-corrected chi connectivity index (χ0v) is 7.12. The lowest BCUT2D eigenvalue weighted by Crippen LogP contribution is -2.18. The number of hydrogen-bond acceptors (Lipinski definition) is 2. The molecule has 0 aromatic carbocycles. The van der Waals surface area contributed by atoms with Crippen LogP contribution in [0.15, 0.2) is 23.8 Å². The van der Waals surface area contributed by atoms with Gasteiger partial charge in [0, 0.05) is 12.5 Å². The lowest BCUT2D eigenvalue weighted by Gasteiger charge is -2.12. The van der Waals surface area contributed by atoms with E-state index >= 15 is 0 Å². The second kappa shape index (κ2) is 3.69. The highest BCUT2D eigenvalue weighted by Gasteiger charge is 2.08. The van der Waals surface area contributed by atoms with Crippen LogP contribution < -0.4 is 0 Å². The Bertz CT molecular complexity index is 182.